The van der Waals surface area contributed by atoms with Gasteiger partial charge in [-0.15, -0.1) is 5.10 Å². The molecule has 2 aromatic carbocycles. The van der Waals surface area contributed by atoms with Gasteiger partial charge < -0.3 is 10.1 Å². The summed E-state index contributed by atoms with van der Waals surface area (Å²) in [6.07, 6.45) is 0.882. The maximum Gasteiger partial charge on any atom is 0.243 e. The number of hydrogen-bond acceptors (Lipinski definition) is 6. The first-order chi connectivity index (χ1) is 14.8. The second kappa shape index (κ2) is 9.44. The van der Waals surface area contributed by atoms with Gasteiger partial charge in [0.05, 0.1) is 30.1 Å². The van der Waals surface area contributed by atoms with Crippen molar-refractivity contribution in [1.82, 2.24) is 24.6 Å². The highest BCUT2D eigenvalue weighted by molar-refractivity contribution is 7.89. The molecule has 0 spiro atoms. The van der Waals surface area contributed by atoms with Gasteiger partial charge >= 0.3 is 0 Å². The predicted octanol–water partition coefficient (Wildman–Crippen LogP) is 2.35. The summed E-state index contributed by atoms with van der Waals surface area (Å²) in [6, 6.07) is 12.1. The highest BCUT2D eigenvalue weighted by Gasteiger charge is 2.24. The van der Waals surface area contributed by atoms with Crippen LogP contribution >= 0.6 is 0 Å². The average Bonchev–Trinajstić information content (AvgIpc) is 3.20. The molecule has 0 bridgehead atoms. The average molecular weight is 446 g/mol. The van der Waals surface area contributed by atoms with Crippen molar-refractivity contribution >= 4 is 27.0 Å². The largest absolute Gasteiger partial charge is 0.497 e. The second-order valence-electron chi connectivity index (χ2n) is 7.33. The van der Waals surface area contributed by atoms with Crippen LogP contribution in [-0.4, -0.2) is 54.3 Å². The van der Waals surface area contributed by atoms with Gasteiger partial charge in [0.2, 0.25) is 15.9 Å². The zero-order chi connectivity index (χ0) is 22.6. The van der Waals surface area contributed by atoms with Gasteiger partial charge in [-0.1, -0.05) is 24.3 Å². The Labute approximate surface area is 182 Å². The van der Waals surface area contributed by atoms with Gasteiger partial charge in [0.25, 0.3) is 0 Å². The number of carbonyl (C=O) groups is 1. The smallest absolute Gasteiger partial charge is 0.243 e. The van der Waals surface area contributed by atoms with Crippen LogP contribution in [0.2, 0.25) is 0 Å². The van der Waals surface area contributed by atoms with Crippen LogP contribution in [-0.2, 0) is 21.4 Å². The van der Waals surface area contributed by atoms with E-state index in [0.717, 1.165) is 27.6 Å². The number of sulfonamides is 1. The van der Waals surface area contributed by atoms with E-state index in [9.17, 15) is 13.2 Å². The Bertz CT molecular complexity index is 1160. The van der Waals surface area contributed by atoms with Gasteiger partial charge in [0.1, 0.15) is 11.3 Å². The third-order valence-electron chi connectivity index (χ3n) is 5.17. The van der Waals surface area contributed by atoms with Crippen molar-refractivity contribution in [2.75, 3.05) is 20.7 Å². The van der Waals surface area contributed by atoms with Crippen LogP contribution in [0.3, 0.4) is 0 Å². The number of ether oxygens (including phenoxy) is 1. The summed E-state index contributed by atoms with van der Waals surface area (Å²) in [5.74, 6) is 0.327. The van der Waals surface area contributed by atoms with E-state index in [1.807, 2.05) is 26.0 Å². The van der Waals surface area contributed by atoms with E-state index in [1.165, 1.54) is 19.2 Å². The van der Waals surface area contributed by atoms with Gasteiger partial charge in [0, 0.05) is 13.6 Å². The van der Waals surface area contributed by atoms with Crippen molar-refractivity contribution < 1.29 is 17.9 Å². The molecular weight excluding hydrogens is 418 g/mol. The van der Waals surface area contributed by atoms with Crippen molar-refractivity contribution in [2.24, 2.45) is 0 Å². The summed E-state index contributed by atoms with van der Waals surface area (Å²) in [5.41, 5.74) is 2.15. The van der Waals surface area contributed by atoms with Gasteiger partial charge in [-0.25, -0.2) is 13.1 Å². The summed E-state index contributed by atoms with van der Waals surface area (Å²) in [5, 5.41) is 11.0. The third kappa shape index (κ3) is 5.02. The molecule has 1 amide bonds. The molecule has 10 heteroatoms. The summed E-state index contributed by atoms with van der Waals surface area (Å²) >= 11 is 0. The quantitative estimate of drug-likeness (QED) is 0.542. The van der Waals surface area contributed by atoms with E-state index in [2.05, 4.69) is 15.6 Å². The number of likely N-dealkylation sites (N-methyl/N-ethyl adjacent to an activating group) is 1. The van der Waals surface area contributed by atoms with Crippen molar-refractivity contribution in [2.45, 2.75) is 37.8 Å². The molecule has 166 valence electrons. The number of methoxy groups -OCH3 is 1. The standard InChI is InChI=1S/C21H27N5O4S/c1-5-15(2)26-20-11-10-18(12-19(20)23-24-26)31(28,29)25(3)14-21(27)22-13-16-6-8-17(30-4)9-7-16/h6-12,15H,5,13-14H2,1-4H3,(H,22,27)/t15-/m1/s1. The maximum atomic E-state index is 12.9. The Morgan fingerprint density at radius 2 is 1.94 bits per heavy atom. The van der Waals surface area contributed by atoms with Gasteiger partial charge in [-0.2, -0.15) is 4.31 Å². The minimum absolute atomic E-state index is 0.0710. The van der Waals surface area contributed by atoms with Crippen LogP contribution in [0.5, 0.6) is 5.75 Å². The van der Waals surface area contributed by atoms with Crippen LogP contribution < -0.4 is 10.1 Å². The number of benzene rings is 2. The number of hydrogen-bond donors (Lipinski definition) is 1. The molecule has 1 atom stereocenters. The third-order valence-corrected chi connectivity index (χ3v) is 6.97. The Morgan fingerprint density at radius 1 is 1.23 bits per heavy atom. The number of fused-ring (bicyclic) bond motifs is 1. The van der Waals surface area contributed by atoms with Crippen LogP contribution in [0.4, 0.5) is 0 Å². The molecule has 0 unspecified atom stereocenters. The maximum absolute atomic E-state index is 12.9. The molecule has 0 radical (unpaired) electrons. The second-order valence-corrected chi connectivity index (χ2v) is 9.37. The Morgan fingerprint density at radius 3 is 2.58 bits per heavy atom. The van der Waals surface area contributed by atoms with E-state index in [1.54, 1.807) is 30.0 Å². The molecule has 9 nitrogen and oxygen atoms in total. The van der Waals surface area contributed by atoms with Crippen LogP contribution in [0.15, 0.2) is 47.4 Å². The van der Waals surface area contributed by atoms with Crippen molar-refractivity contribution in [1.29, 1.82) is 0 Å². The van der Waals surface area contributed by atoms with E-state index in [4.69, 9.17) is 4.74 Å². The number of carbonyl (C=O) groups excluding carboxylic acids is 1. The molecule has 0 aliphatic heterocycles. The van der Waals surface area contributed by atoms with Crippen LogP contribution in [0.25, 0.3) is 11.0 Å². The molecule has 31 heavy (non-hydrogen) atoms. The van der Waals surface area contributed by atoms with Crippen LogP contribution in [0, 0.1) is 0 Å². The lowest BCUT2D eigenvalue weighted by Gasteiger charge is -2.17. The molecule has 0 saturated carbocycles. The fourth-order valence-corrected chi connectivity index (χ4v) is 4.20. The Kier molecular flexibility index (Phi) is 6.91. The molecule has 3 rings (SSSR count). The van der Waals surface area contributed by atoms with E-state index >= 15 is 0 Å². The number of aromatic nitrogens is 3. The summed E-state index contributed by atoms with van der Waals surface area (Å²) in [6.45, 7) is 4.07. The Hall–Kier alpha value is -2.98. The molecule has 1 heterocycles. The fourth-order valence-electron chi connectivity index (χ4n) is 3.05. The molecule has 0 aliphatic carbocycles. The zero-order valence-electron chi connectivity index (χ0n) is 18.1. The summed E-state index contributed by atoms with van der Waals surface area (Å²) < 4.78 is 33.8. The number of amides is 1. The first-order valence-electron chi connectivity index (χ1n) is 9.97. The number of nitrogens with one attached hydrogen (secondary N) is 1. The summed E-state index contributed by atoms with van der Waals surface area (Å²) in [4.78, 5) is 12.4. The lowest BCUT2D eigenvalue weighted by molar-refractivity contribution is -0.121. The first-order valence-corrected chi connectivity index (χ1v) is 11.4. The SMILES string of the molecule is CC[C@@H](C)n1nnc2cc(S(=O)(=O)N(C)CC(=O)NCc3ccc(OC)cc3)ccc21. The topological polar surface area (TPSA) is 106 Å². The van der Waals surface area contributed by atoms with Crippen molar-refractivity contribution in [3.63, 3.8) is 0 Å². The van der Waals surface area contributed by atoms with Gasteiger partial charge in [0.15, 0.2) is 0 Å². The van der Waals surface area contributed by atoms with E-state index in [0.29, 0.717) is 12.1 Å². The lowest BCUT2D eigenvalue weighted by atomic mass is 10.2. The first kappa shape index (κ1) is 22.7. The van der Waals surface area contributed by atoms with Crippen molar-refractivity contribution in [3.05, 3.63) is 48.0 Å². The predicted molar refractivity (Wildman–Crippen MR) is 117 cm³/mol. The fraction of sp³-hybridized carbons (Fsp3) is 0.381. The highest BCUT2D eigenvalue weighted by atomic mass is 32.2. The number of rotatable bonds is 9. The monoisotopic (exact) mass is 445 g/mol. The van der Waals surface area contributed by atoms with Gasteiger partial charge in [-0.3, -0.25) is 4.79 Å². The number of nitrogens with zero attached hydrogens (tertiary/aromatic N) is 4. The molecule has 0 aliphatic rings. The molecule has 1 aromatic heterocycles. The zero-order valence-corrected chi connectivity index (χ0v) is 18.9. The normalized spacial score (nSPS) is 12.8. The highest BCUT2D eigenvalue weighted by Crippen LogP contribution is 2.22. The Balaban J connectivity index is 1.67. The van der Waals surface area contributed by atoms with E-state index < -0.39 is 15.9 Å². The van der Waals surface area contributed by atoms with E-state index in [-0.39, 0.29) is 17.5 Å². The van der Waals surface area contributed by atoms with Crippen molar-refractivity contribution in [3.8, 4) is 5.75 Å². The molecular formula is C21H27N5O4S. The van der Waals surface area contributed by atoms with Crippen LogP contribution in [0.1, 0.15) is 31.9 Å². The molecule has 1 N–H and O–H groups in total. The minimum atomic E-state index is -3.86. The lowest BCUT2D eigenvalue weighted by Crippen LogP contribution is -2.38. The summed E-state index contributed by atoms with van der Waals surface area (Å²) in [7, 11) is -0.896. The molecule has 0 fully saturated rings. The molecule has 0 saturated heterocycles. The molecule has 3 aromatic rings. The minimum Gasteiger partial charge on any atom is -0.497 e. The van der Waals surface area contributed by atoms with Gasteiger partial charge in [-0.05, 0) is 49.2 Å².